The zero-order chi connectivity index (χ0) is 16.9. The van der Waals surface area contributed by atoms with Crippen LogP contribution in [0.15, 0.2) is 24.3 Å². The van der Waals surface area contributed by atoms with Crippen LogP contribution in [0.25, 0.3) is 10.1 Å². The highest BCUT2D eigenvalue weighted by Gasteiger charge is 2.27. The van der Waals surface area contributed by atoms with E-state index in [4.69, 9.17) is 5.11 Å². The summed E-state index contributed by atoms with van der Waals surface area (Å²) in [6.45, 7) is 1.85. The molecule has 7 nitrogen and oxygen atoms in total. The van der Waals surface area contributed by atoms with Crippen LogP contribution >= 0.6 is 11.5 Å². The number of benzene rings is 1. The van der Waals surface area contributed by atoms with Crippen molar-refractivity contribution in [1.82, 2.24) is 14.6 Å². The van der Waals surface area contributed by atoms with Crippen LogP contribution in [0.3, 0.4) is 0 Å². The van der Waals surface area contributed by atoms with Crippen LogP contribution in [0.4, 0.5) is 10.6 Å². The molecule has 8 heteroatoms. The Kier molecular flexibility index (Phi) is 5.14. The third-order valence-corrected chi connectivity index (χ3v) is 4.98. The Bertz CT molecular complexity index is 733. The minimum Gasteiger partial charge on any atom is -0.465 e. The Labute approximate surface area is 143 Å². The van der Waals surface area contributed by atoms with Crippen LogP contribution < -0.4 is 10.6 Å². The lowest BCUT2D eigenvalue weighted by Crippen LogP contribution is -2.45. The molecule has 128 valence electrons. The van der Waals surface area contributed by atoms with Crippen molar-refractivity contribution in [3.63, 3.8) is 0 Å². The fourth-order valence-corrected chi connectivity index (χ4v) is 3.64. The SMILES string of the molecule is O=C(NCCNc1nsc2ccccc12)C1CCCN(C(=O)O)C1. The summed E-state index contributed by atoms with van der Waals surface area (Å²) in [7, 11) is 0. The molecule has 3 rings (SSSR count). The van der Waals surface area contributed by atoms with Crippen molar-refractivity contribution in [2.45, 2.75) is 12.8 Å². The van der Waals surface area contributed by atoms with Gasteiger partial charge in [-0.3, -0.25) is 4.79 Å². The number of rotatable bonds is 5. The van der Waals surface area contributed by atoms with Crippen LogP contribution in [0, 0.1) is 5.92 Å². The number of nitrogens with one attached hydrogen (secondary N) is 2. The summed E-state index contributed by atoms with van der Waals surface area (Å²) in [5.74, 6) is 0.500. The first kappa shape index (κ1) is 16.5. The van der Waals surface area contributed by atoms with Crippen LogP contribution in [-0.2, 0) is 4.79 Å². The second kappa shape index (κ2) is 7.48. The number of hydrogen-bond acceptors (Lipinski definition) is 5. The Balaban J connectivity index is 1.44. The lowest BCUT2D eigenvalue weighted by atomic mass is 9.97. The van der Waals surface area contributed by atoms with Gasteiger partial charge in [0.1, 0.15) is 5.82 Å². The number of piperidine rings is 1. The smallest absolute Gasteiger partial charge is 0.407 e. The van der Waals surface area contributed by atoms with Crippen molar-refractivity contribution in [2.24, 2.45) is 5.92 Å². The maximum atomic E-state index is 12.2. The molecular weight excluding hydrogens is 328 g/mol. The van der Waals surface area contributed by atoms with E-state index in [1.807, 2.05) is 24.3 Å². The van der Waals surface area contributed by atoms with E-state index in [0.29, 0.717) is 19.6 Å². The number of carboxylic acid groups (broad SMARTS) is 1. The Morgan fingerprint density at radius 1 is 1.33 bits per heavy atom. The van der Waals surface area contributed by atoms with Gasteiger partial charge in [-0.25, -0.2) is 4.79 Å². The van der Waals surface area contributed by atoms with E-state index in [2.05, 4.69) is 15.0 Å². The molecule has 0 radical (unpaired) electrons. The van der Waals surface area contributed by atoms with E-state index < -0.39 is 6.09 Å². The normalized spacial score (nSPS) is 17.7. The molecule has 2 heterocycles. The number of anilines is 1. The van der Waals surface area contributed by atoms with Crippen molar-refractivity contribution in [3.05, 3.63) is 24.3 Å². The number of fused-ring (bicyclic) bond motifs is 1. The number of carbonyl (C=O) groups excluding carboxylic acids is 1. The van der Waals surface area contributed by atoms with E-state index in [1.54, 1.807) is 0 Å². The standard InChI is InChI=1S/C16H20N4O3S/c21-15(11-4-3-9-20(10-11)16(22)23)18-8-7-17-14-12-5-1-2-6-13(12)24-19-14/h1-2,5-6,11H,3-4,7-10H2,(H,17,19)(H,18,21)(H,22,23). The van der Waals surface area contributed by atoms with E-state index in [-0.39, 0.29) is 18.4 Å². The summed E-state index contributed by atoms with van der Waals surface area (Å²) in [5, 5.41) is 16.2. The molecule has 1 aliphatic rings. The summed E-state index contributed by atoms with van der Waals surface area (Å²) < 4.78 is 5.50. The molecule has 1 atom stereocenters. The monoisotopic (exact) mass is 348 g/mol. The zero-order valence-electron chi connectivity index (χ0n) is 13.2. The topological polar surface area (TPSA) is 94.6 Å². The Morgan fingerprint density at radius 2 is 2.17 bits per heavy atom. The third-order valence-electron chi connectivity index (χ3n) is 4.16. The van der Waals surface area contributed by atoms with Gasteiger partial charge in [0.2, 0.25) is 5.91 Å². The quantitative estimate of drug-likeness (QED) is 0.720. The van der Waals surface area contributed by atoms with E-state index in [9.17, 15) is 9.59 Å². The Hall–Kier alpha value is -2.35. The molecule has 0 aliphatic carbocycles. The predicted molar refractivity (Wildman–Crippen MR) is 93.4 cm³/mol. The van der Waals surface area contributed by atoms with Crippen LogP contribution in [-0.4, -0.2) is 52.6 Å². The highest BCUT2D eigenvalue weighted by Crippen LogP contribution is 2.25. The van der Waals surface area contributed by atoms with Gasteiger partial charge in [-0.15, -0.1) is 0 Å². The maximum Gasteiger partial charge on any atom is 0.407 e. The van der Waals surface area contributed by atoms with Crippen LogP contribution in [0.2, 0.25) is 0 Å². The maximum absolute atomic E-state index is 12.2. The first-order valence-electron chi connectivity index (χ1n) is 7.99. The summed E-state index contributed by atoms with van der Waals surface area (Å²) in [4.78, 5) is 24.5. The number of aromatic nitrogens is 1. The van der Waals surface area contributed by atoms with Crippen molar-refractivity contribution >= 4 is 39.4 Å². The molecule has 1 aromatic carbocycles. The minimum atomic E-state index is -0.954. The fourth-order valence-electron chi connectivity index (χ4n) is 2.89. The van der Waals surface area contributed by atoms with Gasteiger partial charge in [0.05, 0.1) is 10.6 Å². The average molecular weight is 348 g/mol. The molecule has 3 N–H and O–H groups in total. The molecule has 1 aliphatic heterocycles. The molecule has 2 aromatic rings. The van der Waals surface area contributed by atoms with Crippen LogP contribution in [0.1, 0.15) is 12.8 Å². The lowest BCUT2D eigenvalue weighted by Gasteiger charge is -2.29. The largest absolute Gasteiger partial charge is 0.465 e. The zero-order valence-corrected chi connectivity index (χ0v) is 14.0. The van der Waals surface area contributed by atoms with Gasteiger partial charge in [0.15, 0.2) is 0 Å². The molecule has 1 unspecified atom stereocenters. The fraction of sp³-hybridized carbons (Fsp3) is 0.438. The number of nitrogens with zero attached hydrogens (tertiary/aromatic N) is 2. The van der Waals surface area contributed by atoms with Gasteiger partial charge >= 0.3 is 6.09 Å². The molecule has 24 heavy (non-hydrogen) atoms. The number of amides is 2. The van der Waals surface area contributed by atoms with E-state index >= 15 is 0 Å². The van der Waals surface area contributed by atoms with Gasteiger partial charge in [0.25, 0.3) is 0 Å². The second-order valence-electron chi connectivity index (χ2n) is 5.81. The predicted octanol–water partition coefficient (Wildman–Crippen LogP) is 2.21. The summed E-state index contributed by atoms with van der Waals surface area (Å²) in [5.41, 5.74) is 0. The molecule has 0 spiro atoms. The number of likely N-dealkylation sites (tertiary alicyclic amines) is 1. The minimum absolute atomic E-state index is 0.0779. The summed E-state index contributed by atoms with van der Waals surface area (Å²) >= 11 is 1.44. The molecule has 1 fully saturated rings. The van der Waals surface area contributed by atoms with E-state index in [0.717, 1.165) is 28.7 Å². The van der Waals surface area contributed by atoms with Crippen molar-refractivity contribution < 1.29 is 14.7 Å². The third kappa shape index (κ3) is 3.76. The number of carbonyl (C=O) groups is 2. The van der Waals surface area contributed by atoms with Gasteiger partial charge in [-0.2, -0.15) is 4.37 Å². The van der Waals surface area contributed by atoms with Crippen molar-refractivity contribution in [1.29, 1.82) is 0 Å². The first-order valence-corrected chi connectivity index (χ1v) is 8.76. The summed E-state index contributed by atoms with van der Waals surface area (Å²) in [6, 6.07) is 8.00. The molecule has 0 bridgehead atoms. The number of hydrogen-bond donors (Lipinski definition) is 3. The van der Waals surface area contributed by atoms with Crippen molar-refractivity contribution in [2.75, 3.05) is 31.5 Å². The highest BCUT2D eigenvalue weighted by molar-refractivity contribution is 7.13. The molecular formula is C16H20N4O3S. The van der Waals surface area contributed by atoms with E-state index in [1.165, 1.54) is 16.4 Å². The van der Waals surface area contributed by atoms with Crippen molar-refractivity contribution in [3.8, 4) is 0 Å². The Morgan fingerprint density at radius 3 is 3.00 bits per heavy atom. The van der Waals surface area contributed by atoms with Crippen LogP contribution in [0.5, 0.6) is 0 Å². The molecule has 1 aromatic heterocycles. The first-order chi connectivity index (χ1) is 11.6. The van der Waals surface area contributed by atoms with Gasteiger partial charge < -0.3 is 20.6 Å². The average Bonchev–Trinajstić information content (AvgIpc) is 3.02. The molecule has 0 saturated carbocycles. The summed E-state index contributed by atoms with van der Waals surface area (Å²) in [6.07, 6.45) is 0.511. The van der Waals surface area contributed by atoms with Gasteiger partial charge in [0, 0.05) is 31.6 Å². The highest BCUT2D eigenvalue weighted by atomic mass is 32.1. The van der Waals surface area contributed by atoms with Gasteiger partial charge in [-0.1, -0.05) is 12.1 Å². The molecule has 2 amide bonds. The van der Waals surface area contributed by atoms with Gasteiger partial charge in [-0.05, 0) is 36.5 Å². The lowest BCUT2D eigenvalue weighted by molar-refractivity contribution is -0.126. The second-order valence-corrected chi connectivity index (χ2v) is 6.62. The molecule has 1 saturated heterocycles.